The Bertz CT molecular complexity index is 586. The van der Waals surface area contributed by atoms with Crippen molar-refractivity contribution >= 4 is 5.91 Å². The monoisotopic (exact) mass is 297 g/mol. The van der Waals surface area contributed by atoms with E-state index in [1.165, 1.54) is 5.56 Å². The van der Waals surface area contributed by atoms with E-state index < -0.39 is 0 Å². The third-order valence-electron chi connectivity index (χ3n) is 4.62. The summed E-state index contributed by atoms with van der Waals surface area (Å²) in [5.41, 5.74) is 1.40. The number of nitrogens with zero attached hydrogens (tertiary/aromatic N) is 3. The molecule has 1 aromatic heterocycles. The highest BCUT2D eigenvalue weighted by molar-refractivity contribution is 5.80. The number of rotatable bonds is 4. The van der Waals surface area contributed by atoms with Crippen LogP contribution in [0.25, 0.3) is 0 Å². The van der Waals surface area contributed by atoms with E-state index in [1.54, 1.807) is 12.5 Å². The molecule has 1 aliphatic heterocycles. The Morgan fingerprint density at radius 1 is 1.27 bits per heavy atom. The van der Waals surface area contributed by atoms with Crippen molar-refractivity contribution in [3.63, 3.8) is 0 Å². The van der Waals surface area contributed by atoms with Crippen LogP contribution in [0.1, 0.15) is 31.4 Å². The van der Waals surface area contributed by atoms with Crippen molar-refractivity contribution in [3.8, 4) is 0 Å². The Kier molecular flexibility index (Phi) is 4.56. The van der Waals surface area contributed by atoms with Crippen LogP contribution >= 0.6 is 0 Å². The molecular formula is C18H23N3O. The van der Waals surface area contributed by atoms with Crippen LogP contribution in [0, 0.1) is 5.92 Å². The first kappa shape index (κ1) is 14.8. The molecule has 1 saturated heterocycles. The Morgan fingerprint density at radius 3 is 2.64 bits per heavy atom. The molecule has 22 heavy (non-hydrogen) atoms. The zero-order chi connectivity index (χ0) is 15.4. The third-order valence-corrected chi connectivity index (χ3v) is 4.62. The number of amides is 1. The fourth-order valence-corrected chi connectivity index (χ4v) is 3.20. The highest BCUT2D eigenvalue weighted by atomic mass is 16.2. The Balaban J connectivity index is 1.52. The maximum Gasteiger partial charge on any atom is 0.245 e. The Hall–Kier alpha value is -2.10. The van der Waals surface area contributed by atoms with Gasteiger partial charge in [-0.2, -0.15) is 0 Å². The van der Waals surface area contributed by atoms with E-state index >= 15 is 0 Å². The molecule has 0 radical (unpaired) electrons. The largest absolute Gasteiger partial charge is 0.341 e. The molecule has 1 unspecified atom stereocenters. The summed E-state index contributed by atoms with van der Waals surface area (Å²) in [5, 5.41) is 0. The summed E-state index contributed by atoms with van der Waals surface area (Å²) in [5.74, 6) is 0.895. The van der Waals surface area contributed by atoms with Gasteiger partial charge in [0.15, 0.2) is 0 Å². The van der Waals surface area contributed by atoms with Gasteiger partial charge in [0.25, 0.3) is 0 Å². The van der Waals surface area contributed by atoms with Gasteiger partial charge in [0.05, 0.1) is 6.33 Å². The van der Waals surface area contributed by atoms with Crippen molar-refractivity contribution in [2.24, 2.45) is 5.92 Å². The van der Waals surface area contributed by atoms with Gasteiger partial charge in [-0.1, -0.05) is 30.3 Å². The summed E-state index contributed by atoms with van der Waals surface area (Å²) >= 11 is 0. The van der Waals surface area contributed by atoms with Crippen molar-refractivity contribution in [2.45, 2.75) is 32.2 Å². The number of benzene rings is 1. The first-order valence-corrected chi connectivity index (χ1v) is 8.04. The SMILES string of the molecule is CC(C(=O)N1CCC(Cc2ccccc2)CC1)n1ccnc1. The number of likely N-dealkylation sites (tertiary alicyclic amines) is 1. The smallest absolute Gasteiger partial charge is 0.245 e. The second-order valence-corrected chi connectivity index (χ2v) is 6.14. The quantitative estimate of drug-likeness (QED) is 0.870. The molecule has 4 nitrogen and oxygen atoms in total. The molecule has 0 aliphatic carbocycles. The Morgan fingerprint density at radius 2 is 2.00 bits per heavy atom. The fraction of sp³-hybridized carbons (Fsp3) is 0.444. The van der Waals surface area contributed by atoms with E-state index in [2.05, 4.69) is 35.3 Å². The van der Waals surface area contributed by atoms with Crippen molar-refractivity contribution < 1.29 is 4.79 Å². The molecule has 3 rings (SSSR count). The lowest BCUT2D eigenvalue weighted by molar-refractivity contribution is -0.135. The van der Waals surface area contributed by atoms with Crippen molar-refractivity contribution in [1.82, 2.24) is 14.5 Å². The second-order valence-electron chi connectivity index (χ2n) is 6.14. The van der Waals surface area contributed by atoms with E-state index in [1.807, 2.05) is 22.6 Å². The van der Waals surface area contributed by atoms with E-state index in [-0.39, 0.29) is 11.9 Å². The van der Waals surface area contributed by atoms with E-state index in [9.17, 15) is 4.79 Å². The zero-order valence-electron chi connectivity index (χ0n) is 13.1. The lowest BCUT2D eigenvalue weighted by Crippen LogP contribution is -2.42. The number of carbonyl (C=O) groups is 1. The van der Waals surface area contributed by atoms with Crippen LogP contribution in [-0.4, -0.2) is 33.4 Å². The molecule has 0 N–H and O–H groups in total. The van der Waals surface area contributed by atoms with E-state index in [0.717, 1.165) is 32.4 Å². The highest BCUT2D eigenvalue weighted by Gasteiger charge is 2.26. The van der Waals surface area contributed by atoms with Gasteiger partial charge in [0, 0.05) is 25.5 Å². The minimum absolute atomic E-state index is 0.159. The number of aromatic nitrogens is 2. The molecule has 1 fully saturated rings. The maximum atomic E-state index is 12.5. The fourth-order valence-electron chi connectivity index (χ4n) is 3.20. The molecular weight excluding hydrogens is 274 g/mol. The number of piperidine rings is 1. The molecule has 0 spiro atoms. The summed E-state index contributed by atoms with van der Waals surface area (Å²) < 4.78 is 1.87. The number of carbonyl (C=O) groups excluding carboxylic acids is 1. The molecule has 2 aromatic rings. The molecule has 4 heteroatoms. The first-order chi connectivity index (χ1) is 10.7. The molecule has 1 aliphatic rings. The molecule has 0 saturated carbocycles. The van der Waals surface area contributed by atoms with E-state index in [0.29, 0.717) is 5.92 Å². The van der Waals surface area contributed by atoms with E-state index in [4.69, 9.17) is 0 Å². The Labute approximate surface area is 131 Å². The average Bonchev–Trinajstić information content (AvgIpc) is 3.10. The standard InChI is InChI=1S/C18H23N3O/c1-15(21-12-9-19-14-21)18(22)20-10-7-17(8-11-20)13-16-5-3-2-4-6-16/h2-6,9,12,14-15,17H,7-8,10-11,13H2,1H3. The first-order valence-electron chi connectivity index (χ1n) is 8.04. The lowest BCUT2D eigenvalue weighted by Gasteiger charge is -2.33. The normalized spacial score (nSPS) is 17.4. The van der Waals surface area contributed by atoms with Crippen LogP contribution in [-0.2, 0) is 11.2 Å². The average molecular weight is 297 g/mol. The minimum atomic E-state index is -0.159. The molecule has 116 valence electrons. The van der Waals surface area contributed by atoms with Gasteiger partial charge in [0.1, 0.15) is 6.04 Å². The van der Waals surface area contributed by atoms with Gasteiger partial charge in [-0.3, -0.25) is 4.79 Å². The third kappa shape index (κ3) is 3.38. The van der Waals surface area contributed by atoms with Crippen LogP contribution < -0.4 is 0 Å². The van der Waals surface area contributed by atoms with Gasteiger partial charge in [-0.15, -0.1) is 0 Å². The van der Waals surface area contributed by atoms with Crippen LogP contribution in [0.2, 0.25) is 0 Å². The molecule has 1 aromatic carbocycles. The number of imidazole rings is 1. The van der Waals surface area contributed by atoms with Crippen LogP contribution in [0.3, 0.4) is 0 Å². The highest BCUT2D eigenvalue weighted by Crippen LogP contribution is 2.23. The topological polar surface area (TPSA) is 38.1 Å². The molecule has 1 amide bonds. The van der Waals surface area contributed by atoms with Gasteiger partial charge >= 0.3 is 0 Å². The second kappa shape index (κ2) is 6.77. The molecule has 0 bridgehead atoms. The lowest BCUT2D eigenvalue weighted by atomic mass is 9.90. The number of hydrogen-bond acceptors (Lipinski definition) is 2. The zero-order valence-corrected chi connectivity index (χ0v) is 13.1. The van der Waals surface area contributed by atoms with Gasteiger partial charge in [-0.25, -0.2) is 4.98 Å². The summed E-state index contributed by atoms with van der Waals surface area (Å²) in [4.78, 5) is 18.6. The summed E-state index contributed by atoms with van der Waals surface area (Å²) in [6.45, 7) is 3.69. The van der Waals surface area contributed by atoms with Crippen LogP contribution in [0.4, 0.5) is 0 Å². The predicted octanol–water partition coefficient (Wildman–Crippen LogP) is 2.93. The molecule has 1 atom stereocenters. The van der Waals surface area contributed by atoms with Crippen LogP contribution in [0.5, 0.6) is 0 Å². The van der Waals surface area contributed by atoms with Crippen LogP contribution in [0.15, 0.2) is 49.1 Å². The maximum absolute atomic E-state index is 12.5. The predicted molar refractivity (Wildman–Crippen MR) is 86.4 cm³/mol. The van der Waals surface area contributed by atoms with Crippen molar-refractivity contribution in [3.05, 3.63) is 54.6 Å². The van der Waals surface area contributed by atoms with Gasteiger partial charge < -0.3 is 9.47 Å². The van der Waals surface area contributed by atoms with Crippen molar-refractivity contribution in [2.75, 3.05) is 13.1 Å². The summed E-state index contributed by atoms with van der Waals surface area (Å²) in [6.07, 6.45) is 8.60. The van der Waals surface area contributed by atoms with Gasteiger partial charge in [0.2, 0.25) is 5.91 Å². The minimum Gasteiger partial charge on any atom is -0.341 e. The summed E-state index contributed by atoms with van der Waals surface area (Å²) in [7, 11) is 0. The number of hydrogen-bond donors (Lipinski definition) is 0. The summed E-state index contributed by atoms with van der Waals surface area (Å²) in [6, 6.07) is 10.5. The van der Waals surface area contributed by atoms with Crippen molar-refractivity contribution in [1.29, 1.82) is 0 Å². The molecule has 2 heterocycles. The van der Waals surface area contributed by atoms with Gasteiger partial charge in [-0.05, 0) is 37.7 Å².